The van der Waals surface area contributed by atoms with Crippen molar-refractivity contribution in [3.8, 4) is 0 Å². The third-order valence-corrected chi connectivity index (χ3v) is 2.64. The average Bonchev–Trinajstić information content (AvgIpc) is 2.45. The van der Waals surface area contributed by atoms with Crippen molar-refractivity contribution in [2.24, 2.45) is 16.5 Å². The van der Waals surface area contributed by atoms with E-state index in [1.807, 2.05) is 6.92 Å². The first-order valence-electron chi connectivity index (χ1n) is 7.23. The Morgan fingerprint density at radius 1 is 1.18 bits per heavy atom. The Bertz CT molecular complexity index is 407. The fourth-order valence-corrected chi connectivity index (χ4v) is 1.59. The standard InChI is InChI=1S/C13H26N6O3/c1-3-6-16-12(22)10(5-4-7-17-13(14)15)19-11(21)8-18-9(2)20/h10H,3-8H2,1-2H3,(H,16,22)(H,18,20)(H,19,21)(H4,14,15,17). The van der Waals surface area contributed by atoms with Crippen molar-refractivity contribution in [1.82, 2.24) is 16.0 Å². The fourth-order valence-electron chi connectivity index (χ4n) is 1.59. The molecule has 0 saturated heterocycles. The van der Waals surface area contributed by atoms with Crippen LogP contribution >= 0.6 is 0 Å². The highest BCUT2D eigenvalue weighted by Crippen LogP contribution is 1.99. The van der Waals surface area contributed by atoms with E-state index in [0.717, 1.165) is 6.42 Å². The van der Waals surface area contributed by atoms with Crippen molar-refractivity contribution in [3.05, 3.63) is 0 Å². The maximum absolute atomic E-state index is 12.0. The second kappa shape index (κ2) is 11.4. The van der Waals surface area contributed by atoms with Gasteiger partial charge in [-0.15, -0.1) is 0 Å². The predicted molar refractivity (Wildman–Crippen MR) is 83.8 cm³/mol. The van der Waals surface area contributed by atoms with Crippen molar-refractivity contribution in [3.63, 3.8) is 0 Å². The Morgan fingerprint density at radius 2 is 1.86 bits per heavy atom. The summed E-state index contributed by atoms with van der Waals surface area (Å²) < 4.78 is 0. The van der Waals surface area contributed by atoms with Gasteiger partial charge in [-0.05, 0) is 19.3 Å². The molecule has 0 radical (unpaired) electrons. The molecule has 126 valence electrons. The van der Waals surface area contributed by atoms with Crippen LogP contribution in [0.1, 0.15) is 33.1 Å². The van der Waals surface area contributed by atoms with Gasteiger partial charge in [-0.25, -0.2) is 0 Å². The SMILES string of the molecule is CCCNC(=O)C(CCCN=C(N)N)NC(=O)CNC(C)=O. The van der Waals surface area contributed by atoms with E-state index in [0.29, 0.717) is 25.9 Å². The number of hydrogen-bond acceptors (Lipinski definition) is 4. The summed E-state index contributed by atoms with van der Waals surface area (Å²) in [5.74, 6) is -1.01. The number of nitrogens with two attached hydrogens (primary N) is 2. The molecule has 0 rings (SSSR count). The molecule has 0 heterocycles. The lowest BCUT2D eigenvalue weighted by Crippen LogP contribution is -2.49. The highest BCUT2D eigenvalue weighted by Gasteiger charge is 2.19. The van der Waals surface area contributed by atoms with Gasteiger partial charge in [0.25, 0.3) is 0 Å². The van der Waals surface area contributed by atoms with Crippen LogP contribution in [-0.4, -0.2) is 49.4 Å². The van der Waals surface area contributed by atoms with Crippen LogP contribution in [0.2, 0.25) is 0 Å². The lowest BCUT2D eigenvalue weighted by Gasteiger charge is -2.18. The molecule has 0 aliphatic carbocycles. The topological polar surface area (TPSA) is 152 Å². The minimum Gasteiger partial charge on any atom is -0.370 e. The number of nitrogens with one attached hydrogen (secondary N) is 3. The Balaban J connectivity index is 4.43. The normalized spacial score (nSPS) is 11.2. The number of nitrogens with zero attached hydrogens (tertiary/aromatic N) is 1. The highest BCUT2D eigenvalue weighted by molar-refractivity contribution is 5.89. The molecule has 9 heteroatoms. The summed E-state index contributed by atoms with van der Waals surface area (Å²) in [5, 5.41) is 7.70. The van der Waals surface area contributed by atoms with E-state index in [2.05, 4.69) is 20.9 Å². The van der Waals surface area contributed by atoms with E-state index in [-0.39, 0.29) is 24.3 Å². The van der Waals surface area contributed by atoms with E-state index in [1.165, 1.54) is 6.92 Å². The lowest BCUT2D eigenvalue weighted by atomic mass is 10.1. The van der Waals surface area contributed by atoms with Gasteiger partial charge in [0.15, 0.2) is 5.96 Å². The lowest BCUT2D eigenvalue weighted by molar-refractivity contribution is -0.129. The van der Waals surface area contributed by atoms with Gasteiger partial charge in [0.1, 0.15) is 6.04 Å². The molecule has 3 amide bonds. The van der Waals surface area contributed by atoms with Gasteiger partial charge < -0.3 is 27.4 Å². The van der Waals surface area contributed by atoms with Crippen LogP contribution in [0.5, 0.6) is 0 Å². The summed E-state index contributed by atoms with van der Waals surface area (Å²) in [7, 11) is 0. The number of carbonyl (C=O) groups is 3. The first-order chi connectivity index (χ1) is 10.4. The molecule has 0 aromatic rings. The molecule has 7 N–H and O–H groups in total. The molecule has 1 unspecified atom stereocenters. The van der Waals surface area contributed by atoms with Gasteiger partial charge in [-0.2, -0.15) is 0 Å². The van der Waals surface area contributed by atoms with Crippen LogP contribution in [0.4, 0.5) is 0 Å². The highest BCUT2D eigenvalue weighted by atomic mass is 16.2. The maximum atomic E-state index is 12.0. The molecule has 22 heavy (non-hydrogen) atoms. The van der Waals surface area contributed by atoms with Crippen molar-refractivity contribution in [2.45, 2.75) is 39.2 Å². The zero-order valence-corrected chi connectivity index (χ0v) is 13.1. The van der Waals surface area contributed by atoms with Gasteiger partial charge in [0, 0.05) is 20.0 Å². The summed E-state index contributed by atoms with van der Waals surface area (Å²) in [6.07, 6.45) is 1.74. The molecule has 9 nitrogen and oxygen atoms in total. The van der Waals surface area contributed by atoms with Crippen LogP contribution < -0.4 is 27.4 Å². The first-order valence-corrected chi connectivity index (χ1v) is 7.23. The third-order valence-electron chi connectivity index (χ3n) is 2.64. The molecule has 0 bridgehead atoms. The van der Waals surface area contributed by atoms with E-state index in [1.54, 1.807) is 0 Å². The van der Waals surface area contributed by atoms with Crippen LogP contribution in [0, 0.1) is 0 Å². The number of amides is 3. The summed E-state index contributed by atoms with van der Waals surface area (Å²) in [6, 6.07) is -0.679. The smallest absolute Gasteiger partial charge is 0.242 e. The zero-order valence-electron chi connectivity index (χ0n) is 13.1. The number of carbonyl (C=O) groups excluding carboxylic acids is 3. The molecule has 0 aliphatic heterocycles. The number of rotatable bonds is 10. The Morgan fingerprint density at radius 3 is 2.41 bits per heavy atom. The van der Waals surface area contributed by atoms with E-state index < -0.39 is 11.9 Å². The Hall–Kier alpha value is -2.32. The summed E-state index contributed by atoms with van der Waals surface area (Å²) in [4.78, 5) is 38.3. The molecule has 0 aromatic carbocycles. The molecule has 1 atom stereocenters. The van der Waals surface area contributed by atoms with Crippen LogP contribution in [0.25, 0.3) is 0 Å². The Labute approximate surface area is 130 Å². The Kier molecular flexibility index (Phi) is 10.2. The van der Waals surface area contributed by atoms with Crippen LogP contribution in [-0.2, 0) is 14.4 Å². The molecule has 0 saturated carbocycles. The molecule has 0 aliphatic rings. The van der Waals surface area contributed by atoms with E-state index in [9.17, 15) is 14.4 Å². The van der Waals surface area contributed by atoms with Gasteiger partial charge in [0.2, 0.25) is 17.7 Å². The molecular formula is C13H26N6O3. The van der Waals surface area contributed by atoms with Gasteiger partial charge in [-0.3, -0.25) is 19.4 Å². The predicted octanol–water partition coefficient (Wildman–Crippen LogP) is -1.81. The van der Waals surface area contributed by atoms with E-state index in [4.69, 9.17) is 11.5 Å². The number of aliphatic imine (C=N–C) groups is 1. The van der Waals surface area contributed by atoms with Gasteiger partial charge in [-0.1, -0.05) is 6.92 Å². The van der Waals surface area contributed by atoms with E-state index >= 15 is 0 Å². The third kappa shape index (κ3) is 10.5. The van der Waals surface area contributed by atoms with Crippen molar-refractivity contribution in [2.75, 3.05) is 19.6 Å². The van der Waals surface area contributed by atoms with Crippen molar-refractivity contribution in [1.29, 1.82) is 0 Å². The monoisotopic (exact) mass is 314 g/mol. The minimum absolute atomic E-state index is 0.0123. The molecule has 0 spiro atoms. The average molecular weight is 314 g/mol. The summed E-state index contributed by atoms with van der Waals surface area (Å²) in [6.45, 7) is 3.99. The summed E-state index contributed by atoms with van der Waals surface area (Å²) >= 11 is 0. The van der Waals surface area contributed by atoms with Gasteiger partial charge >= 0.3 is 0 Å². The second-order valence-electron chi connectivity index (χ2n) is 4.77. The van der Waals surface area contributed by atoms with Crippen molar-refractivity contribution >= 4 is 23.7 Å². The van der Waals surface area contributed by atoms with Crippen LogP contribution in [0.3, 0.4) is 0 Å². The molecule has 0 fully saturated rings. The largest absolute Gasteiger partial charge is 0.370 e. The molecule has 0 aromatic heterocycles. The van der Waals surface area contributed by atoms with Crippen LogP contribution in [0.15, 0.2) is 4.99 Å². The quantitative estimate of drug-likeness (QED) is 0.183. The zero-order chi connectivity index (χ0) is 17.0. The minimum atomic E-state index is -0.679. The molecular weight excluding hydrogens is 288 g/mol. The fraction of sp³-hybridized carbons (Fsp3) is 0.692. The second-order valence-corrected chi connectivity index (χ2v) is 4.77. The first kappa shape index (κ1) is 19.7. The van der Waals surface area contributed by atoms with Crippen molar-refractivity contribution < 1.29 is 14.4 Å². The number of guanidine groups is 1. The number of hydrogen-bond donors (Lipinski definition) is 5. The maximum Gasteiger partial charge on any atom is 0.242 e. The summed E-state index contributed by atoms with van der Waals surface area (Å²) in [5.41, 5.74) is 10.4. The van der Waals surface area contributed by atoms with Gasteiger partial charge in [0.05, 0.1) is 6.54 Å².